The fourth-order valence-electron chi connectivity index (χ4n) is 3.04. The lowest BCUT2D eigenvalue weighted by molar-refractivity contribution is 0.129. The molecular formula is C16H25NO. The number of anilines is 1. The van der Waals surface area contributed by atoms with E-state index >= 15 is 0 Å². The van der Waals surface area contributed by atoms with Crippen molar-refractivity contribution in [2.45, 2.75) is 45.6 Å². The molecule has 2 heteroatoms. The molecule has 0 heterocycles. The fraction of sp³-hybridized carbons (Fsp3) is 0.625. The van der Waals surface area contributed by atoms with Gasteiger partial charge in [0.1, 0.15) is 0 Å². The molecule has 0 radical (unpaired) electrons. The second kappa shape index (κ2) is 6.24. The zero-order valence-corrected chi connectivity index (χ0v) is 11.6. The molecule has 2 rings (SSSR count). The molecule has 0 bridgehead atoms. The maximum atomic E-state index is 9.88. The Morgan fingerprint density at radius 2 is 2.06 bits per heavy atom. The minimum Gasteiger partial charge on any atom is -0.393 e. The van der Waals surface area contributed by atoms with Gasteiger partial charge in [0.25, 0.3) is 0 Å². The average Bonchev–Trinajstić information content (AvgIpc) is 2.78. The van der Waals surface area contributed by atoms with E-state index in [9.17, 15) is 5.11 Å². The van der Waals surface area contributed by atoms with Crippen molar-refractivity contribution in [2.24, 2.45) is 5.92 Å². The molecule has 1 aliphatic rings. The molecule has 18 heavy (non-hydrogen) atoms. The predicted molar refractivity (Wildman–Crippen MR) is 77.0 cm³/mol. The van der Waals surface area contributed by atoms with Crippen LogP contribution in [0.25, 0.3) is 0 Å². The van der Waals surface area contributed by atoms with Gasteiger partial charge in [-0.15, -0.1) is 0 Å². The monoisotopic (exact) mass is 247 g/mol. The van der Waals surface area contributed by atoms with Gasteiger partial charge in [-0.05, 0) is 50.7 Å². The molecule has 0 saturated heterocycles. The van der Waals surface area contributed by atoms with E-state index in [0.29, 0.717) is 5.92 Å². The summed E-state index contributed by atoms with van der Waals surface area (Å²) in [6.45, 7) is 6.47. The fourth-order valence-corrected chi connectivity index (χ4v) is 3.04. The number of rotatable bonds is 5. The van der Waals surface area contributed by atoms with Crippen LogP contribution in [0, 0.1) is 12.8 Å². The molecule has 0 amide bonds. The number of aryl methyl sites for hydroxylation is 1. The largest absolute Gasteiger partial charge is 0.393 e. The van der Waals surface area contributed by atoms with Crippen molar-refractivity contribution in [1.29, 1.82) is 0 Å². The quantitative estimate of drug-likeness (QED) is 0.862. The maximum Gasteiger partial charge on any atom is 0.0569 e. The van der Waals surface area contributed by atoms with Crippen molar-refractivity contribution in [2.75, 3.05) is 18.0 Å². The second-order valence-electron chi connectivity index (χ2n) is 5.41. The van der Waals surface area contributed by atoms with Crippen molar-refractivity contribution in [3.63, 3.8) is 0 Å². The number of aliphatic hydroxyl groups is 1. The van der Waals surface area contributed by atoms with Crippen LogP contribution in [0.1, 0.15) is 38.2 Å². The van der Waals surface area contributed by atoms with E-state index in [-0.39, 0.29) is 6.10 Å². The van der Waals surface area contributed by atoms with Crippen molar-refractivity contribution < 1.29 is 5.11 Å². The van der Waals surface area contributed by atoms with Gasteiger partial charge in [0, 0.05) is 18.8 Å². The Balaban J connectivity index is 1.95. The average molecular weight is 247 g/mol. The van der Waals surface area contributed by atoms with E-state index in [1.807, 2.05) is 0 Å². The topological polar surface area (TPSA) is 23.5 Å². The first kappa shape index (κ1) is 13.4. The van der Waals surface area contributed by atoms with E-state index in [2.05, 4.69) is 43.0 Å². The van der Waals surface area contributed by atoms with Crippen LogP contribution in [0.3, 0.4) is 0 Å². The van der Waals surface area contributed by atoms with Crippen LogP contribution in [0.2, 0.25) is 0 Å². The molecule has 1 N–H and O–H groups in total. The molecular weight excluding hydrogens is 222 g/mol. The third kappa shape index (κ3) is 3.05. The molecule has 2 nitrogen and oxygen atoms in total. The SMILES string of the molecule is CCN(CCC1CCCC1O)c1ccccc1C. The van der Waals surface area contributed by atoms with Crippen molar-refractivity contribution in [1.82, 2.24) is 0 Å². The van der Waals surface area contributed by atoms with Crippen LogP contribution in [-0.2, 0) is 0 Å². The van der Waals surface area contributed by atoms with Crippen molar-refractivity contribution in [3.8, 4) is 0 Å². The Morgan fingerprint density at radius 3 is 2.67 bits per heavy atom. The summed E-state index contributed by atoms with van der Waals surface area (Å²) in [5, 5.41) is 9.88. The summed E-state index contributed by atoms with van der Waals surface area (Å²) in [6.07, 6.45) is 4.46. The molecule has 1 aromatic carbocycles. The lowest BCUT2D eigenvalue weighted by Gasteiger charge is -2.27. The Labute approximate surface area is 111 Å². The Kier molecular flexibility index (Phi) is 4.65. The first-order valence-corrected chi connectivity index (χ1v) is 7.21. The van der Waals surface area contributed by atoms with Crippen molar-refractivity contribution >= 4 is 5.69 Å². The minimum atomic E-state index is -0.0550. The number of aliphatic hydroxyl groups excluding tert-OH is 1. The van der Waals surface area contributed by atoms with Gasteiger partial charge in [0.15, 0.2) is 0 Å². The smallest absolute Gasteiger partial charge is 0.0569 e. The Morgan fingerprint density at radius 1 is 1.28 bits per heavy atom. The molecule has 1 saturated carbocycles. The van der Waals surface area contributed by atoms with Gasteiger partial charge >= 0.3 is 0 Å². The third-order valence-corrected chi connectivity index (χ3v) is 4.23. The molecule has 2 atom stereocenters. The van der Waals surface area contributed by atoms with Gasteiger partial charge < -0.3 is 10.0 Å². The highest BCUT2D eigenvalue weighted by atomic mass is 16.3. The van der Waals surface area contributed by atoms with E-state index in [4.69, 9.17) is 0 Å². The highest BCUT2D eigenvalue weighted by Gasteiger charge is 2.25. The normalized spacial score (nSPS) is 23.3. The predicted octanol–water partition coefficient (Wildman–Crippen LogP) is 3.37. The number of benzene rings is 1. The van der Waals surface area contributed by atoms with Crippen LogP contribution in [0.15, 0.2) is 24.3 Å². The zero-order valence-electron chi connectivity index (χ0n) is 11.6. The van der Waals surface area contributed by atoms with Gasteiger partial charge in [-0.2, -0.15) is 0 Å². The lowest BCUT2D eigenvalue weighted by atomic mass is 10.0. The minimum absolute atomic E-state index is 0.0550. The summed E-state index contributed by atoms with van der Waals surface area (Å²) < 4.78 is 0. The first-order valence-electron chi connectivity index (χ1n) is 7.21. The van der Waals surface area contributed by atoms with Crippen LogP contribution in [-0.4, -0.2) is 24.3 Å². The van der Waals surface area contributed by atoms with Gasteiger partial charge in [0.2, 0.25) is 0 Å². The zero-order chi connectivity index (χ0) is 13.0. The summed E-state index contributed by atoms with van der Waals surface area (Å²) in [7, 11) is 0. The van der Waals surface area contributed by atoms with Crippen LogP contribution in [0.5, 0.6) is 0 Å². The highest BCUT2D eigenvalue weighted by Crippen LogP contribution is 2.29. The van der Waals surface area contributed by atoms with Gasteiger partial charge in [0.05, 0.1) is 6.10 Å². The molecule has 100 valence electrons. The van der Waals surface area contributed by atoms with Crippen LogP contribution < -0.4 is 4.90 Å². The molecule has 2 unspecified atom stereocenters. The molecule has 0 aromatic heterocycles. The van der Waals surface area contributed by atoms with Crippen LogP contribution >= 0.6 is 0 Å². The summed E-state index contributed by atoms with van der Waals surface area (Å²) in [5.74, 6) is 0.517. The maximum absolute atomic E-state index is 9.88. The summed E-state index contributed by atoms with van der Waals surface area (Å²) in [4.78, 5) is 2.43. The van der Waals surface area contributed by atoms with Crippen molar-refractivity contribution in [3.05, 3.63) is 29.8 Å². The molecule has 1 aliphatic carbocycles. The number of hydrogen-bond donors (Lipinski definition) is 1. The molecule has 0 aliphatic heterocycles. The molecule has 0 spiro atoms. The van der Waals surface area contributed by atoms with Gasteiger partial charge in [-0.1, -0.05) is 24.6 Å². The Bertz CT molecular complexity index is 377. The van der Waals surface area contributed by atoms with E-state index in [1.165, 1.54) is 24.1 Å². The van der Waals surface area contributed by atoms with E-state index < -0.39 is 0 Å². The van der Waals surface area contributed by atoms with Crippen LogP contribution in [0.4, 0.5) is 5.69 Å². The number of nitrogens with zero attached hydrogens (tertiary/aromatic N) is 1. The third-order valence-electron chi connectivity index (χ3n) is 4.23. The van der Waals surface area contributed by atoms with E-state index in [0.717, 1.165) is 25.9 Å². The number of para-hydroxylation sites is 1. The Hall–Kier alpha value is -1.02. The lowest BCUT2D eigenvalue weighted by Crippen LogP contribution is -2.28. The molecule has 1 aromatic rings. The highest BCUT2D eigenvalue weighted by molar-refractivity contribution is 5.52. The summed E-state index contributed by atoms with van der Waals surface area (Å²) in [5.41, 5.74) is 2.68. The standard InChI is InChI=1S/C16H25NO/c1-3-17(15-9-5-4-7-13(15)2)12-11-14-8-6-10-16(14)18/h4-5,7,9,14,16,18H,3,6,8,10-12H2,1-2H3. The first-order chi connectivity index (χ1) is 8.72. The van der Waals surface area contributed by atoms with E-state index in [1.54, 1.807) is 0 Å². The van der Waals surface area contributed by atoms with Gasteiger partial charge in [-0.25, -0.2) is 0 Å². The number of hydrogen-bond acceptors (Lipinski definition) is 2. The summed E-state index contributed by atoms with van der Waals surface area (Å²) in [6, 6.07) is 8.56. The second-order valence-corrected chi connectivity index (χ2v) is 5.41. The molecule has 1 fully saturated rings. The van der Waals surface area contributed by atoms with Gasteiger partial charge in [-0.3, -0.25) is 0 Å². The summed E-state index contributed by atoms with van der Waals surface area (Å²) >= 11 is 0.